The fourth-order valence-corrected chi connectivity index (χ4v) is 1.43. The first-order chi connectivity index (χ1) is 7.42. The second-order valence-corrected chi connectivity index (χ2v) is 3.18. The lowest BCUT2D eigenvalue weighted by molar-refractivity contribution is 0.144. The second-order valence-electron chi connectivity index (χ2n) is 3.18. The quantitative estimate of drug-likeness (QED) is 0.714. The number of nitrogens with zero attached hydrogens (tertiary/aromatic N) is 1. The molecule has 0 unspecified atom stereocenters. The third-order valence-electron chi connectivity index (χ3n) is 2.16. The number of aromatic nitrogens is 1. The number of rotatable bonds is 4. The molecule has 78 valence electrons. The van der Waals surface area contributed by atoms with Crippen LogP contribution in [0.3, 0.4) is 0 Å². The van der Waals surface area contributed by atoms with Gasteiger partial charge in [-0.1, -0.05) is 18.2 Å². The van der Waals surface area contributed by atoms with Crippen molar-refractivity contribution < 1.29 is 9.47 Å². The van der Waals surface area contributed by atoms with E-state index < -0.39 is 0 Å². The van der Waals surface area contributed by atoms with Crippen molar-refractivity contribution in [3.63, 3.8) is 0 Å². The maximum Gasteiger partial charge on any atom is 0.221 e. The smallest absolute Gasteiger partial charge is 0.221 e. The van der Waals surface area contributed by atoms with Crippen molar-refractivity contribution in [1.29, 1.82) is 0 Å². The second kappa shape index (κ2) is 4.75. The highest BCUT2D eigenvalue weighted by Crippen LogP contribution is 2.21. The van der Waals surface area contributed by atoms with Crippen LogP contribution < -0.4 is 4.74 Å². The van der Waals surface area contributed by atoms with Crippen LogP contribution in [0, 0.1) is 0 Å². The van der Waals surface area contributed by atoms with Crippen LogP contribution >= 0.6 is 0 Å². The lowest BCUT2D eigenvalue weighted by Crippen LogP contribution is -2.05. The summed E-state index contributed by atoms with van der Waals surface area (Å²) in [5, 5.41) is 2.18. The SMILES string of the molecule is COCCOc1nccc2ccccc12. The highest BCUT2D eigenvalue weighted by Gasteiger charge is 2.01. The van der Waals surface area contributed by atoms with Gasteiger partial charge in [-0.05, 0) is 17.5 Å². The molecule has 1 aromatic heterocycles. The number of ether oxygens (including phenoxy) is 2. The first kappa shape index (κ1) is 9.93. The van der Waals surface area contributed by atoms with Crippen LogP contribution in [-0.4, -0.2) is 25.3 Å². The predicted molar refractivity (Wildman–Crippen MR) is 59.1 cm³/mol. The lowest BCUT2D eigenvalue weighted by Gasteiger charge is -2.06. The maximum atomic E-state index is 5.52. The van der Waals surface area contributed by atoms with Crippen LogP contribution in [0.1, 0.15) is 0 Å². The summed E-state index contributed by atoms with van der Waals surface area (Å²) in [4.78, 5) is 4.20. The van der Waals surface area contributed by atoms with E-state index in [2.05, 4.69) is 4.98 Å². The van der Waals surface area contributed by atoms with Gasteiger partial charge in [-0.15, -0.1) is 0 Å². The lowest BCUT2D eigenvalue weighted by atomic mass is 10.2. The van der Waals surface area contributed by atoms with Crippen molar-refractivity contribution in [2.75, 3.05) is 20.3 Å². The molecule has 0 N–H and O–H groups in total. The van der Waals surface area contributed by atoms with Crippen LogP contribution in [0.25, 0.3) is 10.8 Å². The van der Waals surface area contributed by atoms with Crippen LogP contribution in [0.2, 0.25) is 0 Å². The van der Waals surface area contributed by atoms with E-state index in [1.165, 1.54) is 0 Å². The van der Waals surface area contributed by atoms with Gasteiger partial charge in [0.15, 0.2) is 0 Å². The number of benzene rings is 1. The Morgan fingerprint density at radius 1 is 1.13 bits per heavy atom. The molecule has 0 aliphatic rings. The van der Waals surface area contributed by atoms with Gasteiger partial charge in [-0.25, -0.2) is 4.98 Å². The Bertz CT molecular complexity index is 437. The van der Waals surface area contributed by atoms with E-state index in [0.29, 0.717) is 19.1 Å². The van der Waals surface area contributed by atoms with Crippen molar-refractivity contribution in [3.05, 3.63) is 36.5 Å². The Balaban J connectivity index is 2.26. The van der Waals surface area contributed by atoms with Crippen LogP contribution in [-0.2, 0) is 4.74 Å². The molecular weight excluding hydrogens is 190 g/mol. The van der Waals surface area contributed by atoms with E-state index in [9.17, 15) is 0 Å². The minimum absolute atomic E-state index is 0.525. The van der Waals surface area contributed by atoms with Gasteiger partial charge in [-0.2, -0.15) is 0 Å². The molecule has 0 bridgehead atoms. The standard InChI is InChI=1S/C12H13NO2/c1-14-8-9-15-12-11-5-3-2-4-10(11)6-7-13-12/h2-7H,8-9H2,1H3. The van der Waals surface area contributed by atoms with Gasteiger partial charge >= 0.3 is 0 Å². The van der Waals surface area contributed by atoms with Gasteiger partial charge in [0.2, 0.25) is 5.88 Å². The molecule has 0 atom stereocenters. The van der Waals surface area contributed by atoms with Crippen molar-refractivity contribution in [2.45, 2.75) is 0 Å². The molecule has 1 aromatic carbocycles. The molecule has 3 nitrogen and oxygen atoms in total. The highest BCUT2D eigenvalue weighted by molar-refractivity contribution is 5.86. The molecule has 2 aromatic rings. The van der Waals surface area contributed by atoms with Gasteiger partial charge in [0.05, 0.1) is 6.61 Å². The molecule has 0 fully saturated rings. The van der Waals surface area contributed by atoms with Crippen molar-refractivity contribution in [1.82, 2.24) is 4.98 Å². The molecule has 3 heteroatoms. The number of methoxy groups -OCH3 is 1. The molecule has 0 aliphatic heterocycles. The summed E-state index contributed by atoms with van der Waals surface area (Å²) >= 11 is 0. The Kier molecular flexibility index (Phi) is 3.15. The summed E-state index contributed by atoms with van der Waals surface area (Å²) in [5.41, 5.74) is 0. The predicted octanol–water partition coefficient (Wildman–Crippen LogP) is 2.26. The largest absolute Gasteiger partial charge is 0.475 e. The number of hydrogen-bond donors (Lipinski definition) is 0. The van der Waals surface area contributed by atoms with E-state index >= 15 is 0 Å². The third-order valence-corrected chi connectivity index (χ3v) is 2.16. The fraction of sp³-hybridized carbons (Fsp3) is 0.250. The minimum atomic E-state index is 0.525. The van der Waals surface area contributed by atoms with Gasteiger partial charge in [-0.3, -0.25) is 0 Å². The summed E-state index contributed by atoms with van der Waals surface area (Å²) < 4.78 is 10.4. The molecule has 0 aliphatic carbocycles. The maximum absolute atomic E-state index is 5.52. The third kappa shape index (κ3) is 2.25. The normalized spacial score (nSPS) is 10.5. The number of hydrogen-bond acceptors (Lipinski definition) is 3. The van der Waals surface area contributed by atoms with E-state index in [1.54, 1.807) is 13.3 Å². The highest BCUT2D eigenvalue weighted by atomic mass is 16.5. The van der Waals surface area contributed by atoms with Gasteiger partial charge in [0, 0.05) is 18.7 Å². The van der Waals surface area contributed by atoms with E-state index in [-0.39, 0.29) is 0 Å². The zero-order valence-electron chi connectivity index (χ0n) is 8.64. The first-order valence-electron chi connectivity index (χ1n) is 4.87. The average molecular weight is 203 g/mol. The summed E-state index contributed by atoms with van der Waals surface area (Å²) in [5.74, 6) is 0.671. The minimum Gasteiger partial charge on any atom is -0.475 e. The Labute approximate surface area is 88.7 Å². The number of fused-ring (bicyclic) bond motifs is 1. The van der Waals surface area contributed by atoms with E-state index in [1.807, 2.05) is 30.3 Å². The Hall–Kier alpha value is -1.61. The van der Waals surface area contributed by atoms with Gasteiger partial charge < -0.3 is 9.47 Å². The van der Waals surface area contributed by atoms with Gasteiger partial charge in [0.1, 0.15) is 6.61 Å². The Morgan fingerprint density at radius 2 is 2.00 bits per heavy atom. The molecule has 0 saturated heterocycles. The van der Waals surface area contributed by atoms with E-state index in [0.717, 1.165) is 10.8 Å². The topological polar surface area (TPSA) is 31.4 Å². The average Bonchev–Trinajstić information content (AvgIpc) is 2.30. The number of pyridine rings is 1. The Morgan fingerprint density at radius 3 is 2.87 bits per heavy atom. The molecule has 0 radical (unpaired) electrons. The summed E-state index contributed by atoms with van der Waals surface area (Å²) in [7, 11) is 1.65. The zero-order valence-corrected chi connectivity index (χ0v) is 8.64. The fourth-order valence-electron chi connectivity index (χ4n) is 1.43. The van der Waals surface area contributed by atoms with Crippen LogP contribution in [0.5, 0.6) is 5.88 Å². The molecule has 15 heavy (non-hydrogen) atoms. The van der Waals surface area contributed by atoms with Crippen LogP contribution in [0.15, 0.2) is 36.5 Å². The van der Waals surface area contributed by atoms with Crippen molar-refractivity contribution >= 4 is 10.8 Å². The van der Waals surface area contributed by atoms with Crippen molar-refractivity contribution in [2.24, 2.45) is 0 Å². The first-order valence-corrected chi connectivity index (χ1v) is 4.87. The molecule has 0 spiro atoms. The van der Waals surface area contributed by atoms with E-state index in [4.69, 9.17) is 9.47 Å². The van der Waals surface area contributed by atoms with Crippen LogP contribution in [0.4, 0.5) is 0 Å². The summed E-state index contributed by atoms with van der Waals surface area (Å²) in [6.07, 6.45) is 1.75. The molecule has 2 rings (SSSR count). The molecular formula is C12H13NO2. The summed E-state index contributed by atoms with van der Waals surface area (Å²) in [6, 6.07) is 10.00. The summed E-state index contributed by atoms with van der Waals surface area (Å²) in [6.45, 7) is 1.10. The molecule has 0 amide bonds. The van der Waals surface area contributed by atoms with Gasteiger partial charge in [0.25, 0.3) is 0 Å². The van der Waals surface area contributed by atoms with Crippen molar-refractivity contribution in [3.8, 4) is 5.88 Å². The zero-order chi connectivity index (χ0) is 10.5. The molecule has 1 heterocycles. The molecule has 0 saturated carbocycles. The monoisotopic (exact) mass is 203 g/mol.